The number of nitrogens with zero attached hydrogens (tertiary/aromatic N) is 5. The number of likely N-dealkylation sites (tertiary alicyclic amines) is 1. The summed E-state index contributed by atoms with van der Waals surface area (Å²) in [5.41, 5.74) is 5.23. The van der Waals surface area contributed by atoms with Crippen molar-refractivity contribution in [3.8, 4) is 0 Å². The number of hydrogen-bond acceptors (Lipinski definition) is 9. The maximum atomic E-state index is 11.1. The summed E-state index contributed by atoms with van der Waals surface area (Å²) in [7, 11) is 0. The number of anilines is 3. The van der Waals surface area contributed by atoms with Crippen molar-refractivity contribution >= 4 is 33.8 Å². The van der Waals surface area contributed by atoms with Gasteiger partial charge in [0.05, 0.1) is 4.92 Å². The molecule has 0 bridgehead atoms. The number of piperidine rings is 1. The lowest BCUT2D eigenvalue weighted by atomic mass is 10.0. The monoisotopic (exact) mass is 349 g/mol. The summed E-state index contributed by atoms with van der Waals surface area (Å²) in [4.78, 5) is 25.9. The van der Waals surface area contributed by atoms with Gasteiger partial charge in [0.25, 0.3) is 0 Å². The van der Waals surface area contributed by atoms with Gasteiger partial charge in [-0.3, -0.25) is 15.0 Å². The summed E-state index contributed by atoms with van der Waals surface area (Å²) in [5.74, 6) is -0.115. The number of rotatable bonds is 5. The van der Waals surface area contributed by atoms with E-state index in [9.17, 15) is 10.1 Å². The molecule has 1 aliphatic rings. The molecule has 0 aromatic carbocycles. The van der Waals surface area contributed by atoms with Gasteiger partial charge in [-0.2, -0.15) is 0 Å². The van der Waals surface area contributed by atoms with Crippen LogP contribution in [0.25, 0.3) is 0 Å². The molecule has 1 saturated heterocycles. The zero-order valence-corrected chi connectivity index (χ0v) is 14.1. The summed E-state index contributed by atoms with van der Waals surface area (Å²) >= 11 is 1.46. The van der Waals surface area contributed by atoms with E-state index in [1.54, 1.807) is 6.20 Å². The van der Waals surface area contributed by atoms with Crippen LogP contribution in [-0.2, 0) is 6.54 Å². The van der Waals surface area contributed by atoms with E-state index in [0.717, 1.165) is 18.0 Å². The van der Waals surface area contributed by atoms with Crippen molar-refractivity contribution in [2.24, 2.45) is 0 Å². The van der Waals surface area contributed by atoms with Crippen molar-refractivity contribution in [2.75, 3.05) is 17.6 Å². The Kier molecular flexibility index (Phi) is 4.86. The topological polar surface area (TPSA) is 123 Å². The van der Waals surface area contributed by atoms with Gasteiger partial charge in [-0.05, 0) is 26.3 Å². The number of nitrogens with one attached hydrogen (secondary N) is 1. The normalized spacial score (nSPS) is 18.5. The quantitative estimate of drug-likeness (QED) is 0.623. The minimum absolute atomic E-state index is 0.0553. The third-order valence-corrected chi connectivity index (χ3v) is 5.01. The first-order valence-electron chi connectivity index (χ1n) is 7.75. The van der Waals surface area contributed by atoms with E-state index in [1.807, 2.05) is 0 Å². The van der Waals surface area contributed by atoms with Gasteiger partial charge >= 0.3 is 5.69 Å². The summed E-state index contributed by atoms with van der Waals surface area (Å²) < 4.78 is 0. The molecule has 3 rings (SSSR count). The third kappa shape index (κ3) is 3.60. The van der Waals surface area contributed by atoms with Gasteiger partial charge in [0.1, 0.15) is 6.33 Å². The second-order valence-electron chi connectivity index (χ2n) is 5.79. The molecule has 0 aliphatic carbocycles. The molecule has 0 radical (unpaired) electrons. The van der Waals surface area contributed by atoms with E-state index in [2.05, 4.69) is 32.1 Å². The van der Waals surface area contributed by atoms with Crippen LogP contribution in [0, 0.1) is 10.1 Å². The van der Waals surface area contributed by atoms with Crippen molar-refractivity contribution in [3.63, 3.8) is 0 Å². The summed E-state index contributed by atoms with van der Waals surface area (Å²) in [6.07, 6.45) is 6.71. The van der Waals surface area contributed by atoms with E-state index in [1.165, 1.54) is 36.9 Å². The molecule has 2 aromatic rings. The number of thiazole rings is 1. The first-order valence-corrected chi connectivity index (χ1v) is 8.57. The minimum atomic E-state index is -0.596. The van der Waals surface area contributed by atoms with Crippen molar-refractivity contribution in [3.05, 3.63) is 27.5 Å². The highest BCUT2D eigenvalue weighted by Crippen LogP contribution is 2.31. The molecule has 0 amide bonds. The SMILES string of the molecule is CC1CCCCN1Cc1cnc(Nc2ncnc(N)c2[N+](=O)[O-])s1. The highest BCUT2D eigenvalue weighted by Gasteiger charge is 2.22. The Hall–Kier alpha value is -2.33. The lowest BCUT2D eigenvalue weighted by Gasteiger charge is -2.32. The van der Waals surface area contributed by atoms with Crippen LogP contribution in [0.2, 0.25) is 0 Å². The van der Waals surface area contributed by atoms with Crippen LogP contribution in [0.3, 0.4) is 0 Å². The van der Waals surface area contributed by atoms with E-state index in [-0.39, 0.29) is 17.3 Å². The van der Waals surface area contributed by atoms with Gasteiger partial charge in [-0.25, -0.2) is 15.0 Å². The van der Waals surface area contributed by atoms with Gasteiger partial charge in [0.15, 0.2) is 5.13 Å². The Balaban J connectivity index is 1.73. The Labute approximate surface area is 143 Å². The first kappa shape index (κ1) is 16.5. The summed E-state index contributed by atoms with van der Waals surface area (Å²) in [5, 5.41) is 14.6. The highest BCUT2D eigenvalue weighted by molar-refractivity contribution is 7.15. The van der Waals surface area contributed by atoms with Gasteiger partial charge in [0, 0.05) is 23.7 Å². The molecular weight excluding hydrogens is 330 g/mol. The first-order chi connectivity index (χ1) is 11.5. The lowest BCUT2D eigenvalue weighted by molar-refractivity contribution is -0.383. The van der Waals surface area contributed by atoms with Crippen molar-refractivity contribution in [1.29, 1.82) is 0 Å². The predicted octanol–water partition coefficient (Wildman–Crippen LogP) is 2.54. The van der Waals surface area contributed by atoms with Crippen molar-refractivity contribution in [2.45, 2.75) is 38.8 Å². The summed E-state index contributed by atoms with van der Waals surface area (Å²) in [6, 6.07) is 0.569. The molecule has 128 valence electrons. The number of aromatic nitrogens is 3. The molecule has 3 heterocycles. The second kappa shape index (κ2) is 7.05. The Morgan fingerprint density at radius 2 is 2.29 bits per heavy atom. The van der Waals surface area contributed by atoms with Crippen LogP contribution < -0.4 is 11.1 Å². The molecule has 1 aliphatic heterocycles. The van der Waals surface area contributed by atoms with Gasteiger partial charge in [-0.15, -0.1) is 11.3 Å². The van der Waals surface area contributed by atoms with Crippen LogP contribution >= 0.6 is 11.3 Å². The molecule has 1 unspecified atom stereocenters. The van der Waals surface area contributed by atoms with Crippen LogP contribution in [-0.4, -0.2) is 37.4 Å². The molecule has 10 heteroatoms. The van der Waals surface area contributed by atoms with Crippen molar-refractivity contribution < 1.29 is 4.92 Å². The van der Waals surface area contributed by atoms with Gasteiger partial charge in [0.2, 0.25) is 11.6 Å². The fourth-order valence-corrected chi connectivity index (χ4v) is 3.63. The number of hydrogen-bond donors (Lipinski definition) is 2. The zero-order chi connectivity index (χ0) is 17.1. The average Bonchev–Trinajstić information content (AvgIpc) is 2.96. The number of nitro groups is 1. The van der Waals surface area contributed by atoms with Crippen LogP contribution in [0.15, 0.2) is 12.5 Å². The fourth-order valence-electron chi connectivity index (χ4n) is 2.80. The molecule has 1 atom stereocenters. The molecule has 0 saturated carbocycles. The maximum absolute atomic E-state index is 11.1. The molecule has 9 nitrogen and oxygen atoms in total. The fraction of sp³-hybridized carbons (Fsp3) is 0.500. The van der Waals surface area contributed by atoms with Gasteiger partial charge in [-0.1, -0.05) is 6.42 Å². The Morgan fingerprint density at radius 1 is 1.46 bits per heavy atom. The Morgan fingerprint density at radius 3 is 3.04 bits per heavy atom. The number of nitrogen functional groups attached to an aromatic ring is 1. The maximum Gasteiger partial charge on any atom is 0.353 e. The van der Waals surface area contributed by atoms with Crippen LogP contribution in [0.4, 0.5) is 22.5 Å². The van der Waals surface area contributed by atoms with Crippen molar-refractivity contribution in [1.82, 2.24) is 19.9 Å². The molecule has 2 aromatic heterocycles. The molecular formula is C14H19N7O2S. The average molecular weight is 349 g/mol. The Bertz CT molecular complexity index is 736. The molecule has 24 heavy (non-hydrogen) atoms. The van der Waals surface area contributed by atoms with E-state index in [0.29, 0.717) is 11.2 Å². The molecule has 3 N–H and O–H groups in total. The smallest absolute Gasteiger partial charge is 0.353 e. The van der Waals surface area contributed by atoms with Crippen LogP contribution in [0.5, 0.6) is 0 Å². The lowest BCUT2D eigenvalue weighted by Crippen LogP contribution is -2.36. The predicted molar refractivity (Wildman–Crippen MR) is 92.2 cm³/mol. The zero-order valence-electron chi connectivity index (χ0n) is 13.3. The highest BCUT2D eigenvalue weighted by atomic mass is 32.1. The molecule has 0 spiro atoms. The van der Waals surface area contributed by atoms with E-state index in [4.69, 9.17) is 5.73 Å². The number of nitrogens with two attached hydrogens (primary N) is 1. The minimum Gasteiger partial charge on any atom is -0.378 e. The largest absolute Gasteiger partial charge is 0.378 e. The summed E-state index contributed by atoms with van der Waals surface area (Å²) in [6.45, 7) is 4.18. The second-order valence-corrected chi connectivity index (χ2v) is 6.90. The third-order valence-electron chi connectivity index (χ3n) is 4.11. The van der Waals surface area contributed by atoms with Crippen LogP contribution in [0.1, 0.15) is 31.1 Å². The van der Waals surface area contributed by atoms with E-state index >= 15 is 0 Å². The standard InChI is InChI=1S/C14H19N7O2S/c1-9-4-2-3-5-20(9)7-10-6-16-14(24-10)19-13-11(21(22)23)12(15)17-8-18-13/h6,8-9H,2-5,7H2,1H3,(H3,15,16,17,18,19). The molecule has 1 fully saturated rings. The van der Waals surface area contributed by atoms with Gasteiger partial charge < -0.3 is 11.1 Å². The van der Waals surface area contributed by atoms with E-state index < -0.39 is 4.92 Å².